The molecular formula is C17H24N3O2+. The number of nitrogens with one attached hydrogen (secondary N) is 2. The topological polar surface area (TPSA) is 53.9 Å². The van der Waals surface area contributed by atoms with Crippen LogP contribution in [0.1, 0.15) is 33.1 Å². The predicted octanol–water partition coefficient (Wildman–Crippen LogP) is 0.819. The Balaban J connectivity index is 1.88. The van der Waals surface area contributed by atoms with Crippen LogP contribution in [0.4, 0.5) is 11.4 Å². The first kappa shape index (κ1) is 15.0. The summed E-state index contributed by atoms with van der Waals surface area (Å²) in [6.07, 6.45) is 3.63. The van der Waals surface area contributed by atoms with Crippen molar-refractivity contribution < 1.29 is 14.5 Å². The zero-order chi connectivity index (χ0) is 15.7. The summed E-state index contributed by atoms with van der Waals surface area (Å²) in [5.74, 6) is -0.0996. The third kappa shape index (κ3) is 2.61. The highest BCUT2D eigenvalue weighted by molar-refractivity contribution is 6.14. The Morgan fingerprint density at radius 2 is 1.91 bits per heavy atom. The van der Waals surface area contributed by atoms with Gasteiger partial charge in [-0.05, 0) is 45.2 Å². The van der Waals surface area contributed by atoms with Crippen molar-refractivity contribution in [2.75, 3.05) is 29.9 Å². The summed E-state index contributed by atoms with van der Waals surface area (Å²) in [7, 11) is 0. The summed E-state index contributed by atoms with van der Waals surface area (Å²) >= 11 is 0. The molecule has 2 aliphatic heterocycles. The molecule has 3 rings (SSSR count). The third-order valence-electron chi connectivity index (χ3n) is 4.72. The zero-order valence-electron chi connectivity index (χ0n) is 13.3. The van der Waals surface area contributed by atoms with Gasteiger partial charge in [-0.1, -0.05) is 12.1 Å². The van der Waals surface area contributed by atoms with Crippen molar-refractivity contribution in [2.45, 2.75) is 38.6 Å². The molecule has 0 saturated carbocycles. The Kier molecular flexibility index (Phi) is 3.91. The average molecular weight is 302 g/mol. The highest BCUT2D eigenvalue weighted by Crippen LogP contribution is 2.36. The molecule has 22 heavy (non-hydrogen) atoms. The lowest BCUT2D eigenvalue weighted by Crippen LogP contribution is -3.14. The van der Waals surface area contributed by atoms with Crippen molar-refractivity contribution in [3.63, 3.8) is 0 Å². The van der Waals surface area contributed by atoms with E-state index in [1.165, 1.54) is 24.2 Å². The molecule has 118 valence electrons. The summed E-state index contributed by atoms with van der Waals surface area (Å²) < 4.78 is 0. The zero-order valence-corrected chi connectivity index (χ0v) is 13.3. The minimum absolute atomic E-state index is 0.0317. The second-order valence-corrected chi connectivity index (χ2v) is 6.75. The number of rotatable bonds is 2. The third-order valence-corrected chi connectivity index (χ3v) is 4.72. The molecule has 0 radical (unpaired) electrons. The Morgan fingerprint density at radius 1 is 1.23 bits per heavy atom. The molecule has 1 aromatic carbocycles. The van der Waals surface area contributed by atoms with Crippen LogP contribution >= 0.6 is 0 Å². The number of amides is 2. The van der Waals surface area contributed by atoms with Crippen LogP contribution in [0.3, 0.4) is 0 Å². The van der Waals surface area contributed by atoms with Gasteiger partial charge in [-0.25, -0.2) is 0 Å². The Labute approximate surface area is 131 Å². The molecule has 5 heteroatoms. The number of carbonyl (C=O) groups is 2. The van der Waals surface area contributed by atoms with Gasteiger partial charge < -0.3 is 10.2 Å². The number of hydrogen-bond donors (Lipinski definition) is 2. The van der Waals surface area contributed by atoms with E-state index in [1.807, 2.05) is 38.1 Å². The van der Waals surface area contributed by atoms with Crippen LogP contribution in [0.25, 0.3) is 0 Å². The normalized spacial score (nSPS) is 21.2. The molecule has 5 nitrogen and oxygen atoms in total. The molecule has 2 amide bonds. The molecule has 2 heterocycles. The van der Waals surface area contributed by atoms with E-state index < -0.39 is 5.54 Å². The van der Waals surface area contributed by atoms with Crippen LogP contribution in [-0.4, -0.2) is 37.0 Å². The van der Waals surface area contributed by atoms with Crippen LogP contribution in [-0.2, 0) is 9.59 Å². The standard InChI is InChI=1S/C17H23N3O2/c1-17(2)16(22)18-13-8-4-5-9-14(13)20(17)15(21)12-19-10-6-3-7-11-19/h4-5,8-9H,3,6-7,10-12H2,1-2H3,(H,18,22)/p+1. The number of fused-ring (bicyclic) bond motifs is 1. The summed E-state index contributed by atoms with van der Waals surface area (Å²) in [4.78, 5) is 28.3. The first-order valence-electron chi connectivity index (χ1n) is 8.07. The van der Waals surface area contributed by atoms with Crippen molar-refractivity contribution in [2.24, 2.45) is 0 Å². The van der Waals surface area contributed by atoms with Crippen molar-refractivity contribution in [3.05, 3.63) is 24.3 Å². The van der Waals surface area contributed by atoms with Crippen LogP contribution in [0.15, 0.2) is 24.3 Å². The van der Waals surface area contributed by atoms with Gasteiger partial charge in [-0.3, -0.25) is 14.5 Å². The molecule has 0 bridgehead atoms. The van der Waals surface area contributed by atoms with E-state index in [9.17, 15) is 9.59 Å². The Hall–Kier alpha value is -1.88. The fraction of sp³-hybridized carbons (Fsp3) is 0.529. The van der Waals surface area contributed by atoms with Gasteiger partial charge in [0.05, 0.1) is 24.5 Å². The van der Waals surface area contributed by atoms with E-state index in [4.69, 9.17) is 0 Å². The SMILES string of the molecule is CC1(C)C(=O)Nc2ccccc2N1C(=O)C[NH+]1CCCCC1. The molecular weight excluding hydrogens is 278 g/mol. The van der Waals surface area contributed by atoms with Gasteiger partial charge in [-0.2, -0.15) is 0 Å². The molecule has 1 fully saturated rings. The first-order chi connectivity index (χ1) is 10.5. The molecule has 0 aromatic heterocycles. The minimum atomic E-state index is -0.860. The monoisotopic (exact) mass is 302 g/mol. The van der Waals surface area contributed by atoms with E-state index in [1.54, 1.807) is 4.90 Å². The summed E-state index contributed by atoms with van der Waals surface area (Å²) in [5, 5.41) is 2.90. The quantitative estimate of drug-likeness (QED) is 0.850. The van der Waals surface area contributed by atoms with E-state index in [-0.39, 0.29) is 11.8 Å². The molecule has 2 aliphatic rings. The fourth-order valence-corrected chi connectivity index (χ4v) is 3.42. The van der Waals surface area contributed by atoms with Crippen molar-refractivity contribution in [1.29, 1.82) is 0 Å². The van der Waals surface area contributed by atoms with Gasteiger partial charge in [0.15, 0.2) is 6.54 Å². The maximum Gasteiger partial charge on any atom is 0.283 e. The first-order valence-corrected chi connectivity index (χ1v) is 8.07. The smallest absolute Gasteiger partial charge is 0.283 e. The van der Waals surface area contributed by atoms with E-state index in [0.717, 1.165) is 18.8 Å². The number of anilines is 2. The number of likely N-dealkylation sites (tertiary alicyclic amines) is 1. The van der Waals surface area contributed by atoms with Crippen LogP contribution < -0.4 is 15.1 Å². The number of benzene rings is 1. The van der Waals surface area contributed by atoms with Gasteiger partial charge in [0, 0.05) is 0 Å². The maximum absolute atomic E-state index is 12.9. The minimum Gasteiger partial charge on any atom is -0.327 e. The molecule has 1 saturated heterocycles. The average Bonchev–Trinajstić information content (AvgIpc) is 2.49. The van der Waals surface area contributed by atoms with E-state index in [0.29, 0.717) is 12.2 Å². The van der Waals surface area contributed by atoms with Crippen molar-refractivity contribution >= 4 is 23.2 Å². The van der Waals surface area contributed by atoms with E-state index in [2.05, 4.69) is 5.32 Å². The maximum atomic E-state index is 12.9. The molecule has 0 unspecified atom stereocenters. The van der Waals surface area contributed by atoms with Gasteiger partial charge in [-0.15, -0.1) is 0 Å². The second-order valence-electron chi connectivity index (χ2n) is 6.75. The number of para-hydroxylation sites is 2. The van der Waals surface area contributed by atoms with Gasteiger partial charge in [0.1, 0.15) is 5.54 Å². The number of carbonyl (C=O) groups excluding carboxylic acids is 2. The molecule has 1 aromatic rings. The van der Waals surface area contributed by atoms with Gasteiger partial charge >= 0.3 is 0 Å². The summed E-state index contributed by atoms with van der Waals surface area (Å²) in [6.45, 7) is 6.18. The molecule has 2 N–H and O–H groups in total. The highest BCUT2D eigenvalue weighted by Gasteiger charge is 2.44. The number of quaternary nitrogens is 1. The Bertz CT molecular complexity index is 591. The Morgan fingerprint density at radius 3 is 2.64 bits per heavy atom. The van der Waals surface area contributed by atoms with Gasteiger partial charge in [0.2, 0.25) is 5.91 Å². The van der Waals surface area contributed by atoms with Crippen LogP contribution in [0.2, 0.25) is 0 Å². The van der Waals surface area contributed by atoms with Crippen LogP contribution in [0, 0.1) is 0 Å². The molecule has 0 atom stereocenters. The predicted molar refractivity (Wildman–Crippen MR) is 86.1 cm³/mol. The lowest BCUT2D eigenvalue weighted by atomic mass is 9.96. The molecule has 0 aliphatic carbocycles. The summed E-state index contributed by atoms with van der Waals surface area (Å²) in [5.41, 5.74) is 0.656. The van der Waals surface area contributed by atoms with Crippen LogP contribution in [0.5, 0.6) is 0 Å². The fourth-order valence-electron chi connectivity index (χ4n) is 3.42. The van der Waals surface area contributed by atoms with Gasteiger partial charge in [0.25, 0.3) is 5.91 Å². The number of hydrogen-bond acceptors (Lipinski definition) is 2. The van der Waals surface area contributed by atoms with Crippen molar-refractivity contribution in [1.82, 2.24) is 0 Å². The lowest BCUT2D eigenvalue weighted by Gasteiger charge is -2.42. The molecule has 0 spiro atoms. The largest absolute Gasteiger partial charge is 0.327 e. The second kappa shape index (κ2) is 5.72. The highest BCUT2D eigenvalue weighted by atomic mass is 16.2. The van der Waals surface area contributed by atoms with E-state index >= 15 is 0 Å². The lowest BCUT2D eigenvalue weighted by molar-refractivity contribution is -0.896. The van der Waals surface area contributed by atoms with Crippen molar-refractivity contribution in [3.8, 4) is 0 Å². The number of piperidine rings is 1. The number of nitrogens with zero attached hydrogens (tertiary/aromatic N) is 1. The summed E-state index contributed by atoms with van der Waals surface area (Å²) in [6, 6.07) is 7.52.